The van der Waals surface area contributed by atoms with Crippen LogP contribution in [-0.4, -0.2) is 37.2 Å². The zero-order valence-electron chi connectivity index (χ0n) is 8.90. The van der Waals surface area contributed by atoms with Crippen LogP contribution in [0.1, 0.15) is 11.5 Å². The van der Waals surface area contributed by atoms with E-state index in [1.807, 2.05) is 0 Å². The third-order valence-corrected chi connectivity index (χ3v) is 2.41. The Morgan fingerprint density at radius 3 is 3.00 bits per heavy atom. The van der Waals surface area contributed by atoms with Crippen molar-refractivity contribution in [2.45, 2.75) is 6.61 Å². The number of carbonyl (C=O) groups excluding carboxylic acids is 1. The standard InChI is InChI=1S/C7H8N8O2S/c8-6(16)5(3-2-18-7(9)10-3)13-17-1-4-11-14-15-12-4/h2H,1H2,(H2,8,16)(H2,9,10)(H,11,12,14,15). The predicted molar refractivity (Wildman–Crippen MR) is 61.2 cm³/mol. The maximum absolute atomic E-state index is 11.2. The van der Waals surface area contributed by atoms with Crippen molar-refractivity contribution in [1.82, 2.24) is 25.6 Å². The first-order chi connectivity index (χ1) is 8.66. The van der Waals surface area contributed by atoms with Crippen LogP contribution >= 0.6 is 11.3 Å². The van der Waals surface area contributed by atoms with Crippen LogP contribution in [0.5, 0.6) is 0 Å². The molecule has 5 N–H and O–H groups in total. The van der Waals surface area contributed by atoms with Gasteiger partial charge in [0.05, 0.1) is 0 Å². The van der Waals surface area contributed by atoms with Gasteiger partial charge in [0.15, 0.2) is 17.5 Å². The normalized spacial score (nSPS) is 11.4. The molecular formula is C7H8N8O2S. The first-order valence-electron chi connectivity index (χ1n) is 4.60. The molecule has 0 saturated carbocycles. The molecule has 18 heavy (non-hydrogen) atoms. The Labute approximate surface area is 104 Å². The van der Waals surface area contributed by atoms with Gasteiger partial charge < -0.3 is 16.3 Å². The Kier molecular flexibility index (Phi) is 3.43. The molecule has 0 bridgehead atoms. The van der Waals surface area contributed by atoms with E-state index in [1.165, 1.54) is 0 Å². The number of hydrogen-bond acceptors (Lipinski definition) is 9. The van der Waals surface area contributed by atoms with Gasteiger partial charge in [-0.2, -0.15) is 5.21 Å². The van der Waals surface area contributed by atoms with Crippen molar-refractivity contribution in [1.29, 1.82) is 0 Å². The molecule has 11 heteroatoms. The molecule has 2 aromatic heterocycles. The van der Waals surface area contributed by atoms with E-state index in [0.717, 1.165) is 11.3 Å². The number of H-pyrrole nitrogens is 1. The van der Waals surface area contributed by atoms with Gasteiger partial charge in [0, 0.05) is 5.38 Å². The Bertz CT molecular complexity index is 562. The number of aromatic nitrogens is 5. The van der Waals surface area contributed by atoms with E-state index in [-0.39, 0.29) is 18.0 Å². The highest BCUT2D eigenvalue weighted by Crippen LogP contribution is 2.12. The van der Waals surface area contributed by atoms with E-state index in [2.05, 4.69) is 30.8 Å². The number of thiazole rings is 1. The first-order valence-corrected chi connectivity index (χ1v) is 5.48. The van der Waals surface area contributed by atoms with E-state index >= 15 is 0 Å². The molecule has 0 unspecified atom stereocenters. The molecule has 94 valence electrons. The lowest BCUT2D eigenvalue weighted by Gasteiger charge is -1.98. The molecule has 0 aliphatic heterocycles. The molecule has 1 amide bonds. The average Bonchev–Trinajstić information content (AvgIpc) is 2.95. The molecule has 2 heterocycles. The summed E-state index contributed by atoms with van der Waals surface area (Å²) in [5, 5.41) is 18.3. The van der Waals surface area contributed by atoms with E-state index in [9.17, 15) is 4.79 Å². The number of aromatic amines is 1. The number of amides is 1. The number of nitrogen functional groups attached to an aromatic ring is 1. The van der Waals surface area contributed by atoms with Crippen molar-refractivity contribution < 1.29 is 9.63 Å². The SMILES string of the molecule is NC(=O)C(=NOCc1nn[nH]n1)c1csc(N)n1. The average molecular weight is 268 g/mol. The molecule has 0 aliphatic rings. The van der Waals surface area contributed by atoms with Crippen LogP contribution in [0.15, 0.2) is 10.5 Å². The number of anilines is 1. The lowest BCUT2D eigenvalue weighted by Crippen LogP contribution is -2.25. The Morgan fingerprint density at radius 2 is 2.44 bits per heavy atom. The Hall–Kier alpha value is -2.56. The fraction of sp³-hybridized carbons (Fsp3) is 0.143. The van der Waals surface area contributed by atoms with Crippen molar-refractivity contribution in [2.75, 3.05) is 5.73 Å². The van der Waals surface area contributed by atoms with Gasteiger partial charge in [-0.15, -0.1) is 21.5 Å². The van der Waals surface area contributed by atoms with Crippen molar-refractivity contribution in [3.05, 3.63) is 16.9 Å². The van der Waals surface area contributed by atoms with Crippen LogP contribution in [0.3, 0.4) is 0 Å². The molecular weight excluding hydrogens is 260 g/mol. The summed E-state index contributed by atoms with van der Waals surface area (Å²) in [6, 6.07) is 0. The van der Waals surface area contributed by atoms with Gasteiger partial charge in [0.25, 0.3) is 5.91 Å². The van der Waals surface area contributed by atoms with Crippen LogP contribution in [0.25, 0.3) is 0 Å². The summed E-state index contributed by atoms with van der Waals surface area (Å²) in [5.74, 6) is -0.478. The number of nitrogens with zero attached hydrogens (tertiary/aromatic N) is 5. The van der Waals surface area contributed by atoms with Gasteiger partial charge in [0.1, 0.15) is 5.69 Å². The van der Waals surface area contributed by atoms with Crippen LogP contribution < -0.4 is 11.5 Å². The smallest absolute Gasteiger partial charge is 0.273 e. The number of oxime groups is 1. The molecule has 0 atom stereocenters. The highest BCUT2D eigenvalue weighted by atomic mass is 32.1. The predicted octanol–water partition coefficient (Wildman–Crippen LogP) is -1.36. The zero-order chi connectivity index (χ0) is 13.0. The number of nitrogens with two attached hydrogens (primary N) is 2. The fourth-order valence-electron chi connectivity index (χ4n) is 1.01. The molecule has 2 aromatic rings. The molecule has 0 aromatic carbocycles. The van der Waals surface area contributed by atoms with E-state index < -0.39 is 5.91 Å². The second-order valence-corrected chi connectivity index (χ2v) is 3.87. The summed E-state index contributed by atoms with van der Waals surface area (Å²) in [4.78, 5) is 20.0. The number of hydrogen-bond donors (Lipinski definition) is 3. The molecule has 0 spiro atoms. The number of carbonyl (C=O) groups is 1. The number of tetrazole rings is 1. The topological polar surface area (TPSA) is 158 Å². The largest absolute Gasteiger partial charge is 0.387 e. The summed E-state index contributed by atoms with van der Waals surface area (Å²) in [7, 11) is 0. The maximum atomic E-state index is 11.2. The summed E-state index contributed by atoms with van der Waals surface area (Å²) < 4.78 is 0. The third kappa shape index (κ3) is 2.76. The van der Waals surface area contributed by atoms with Gasteiger partial charge >= 0.3 is 0 Å². The summed E-state index contributed by atoms with van der Waals surface area (Å²) in [5.41, 5.74) is 10.8. The lowest BCUT2D eigenvalue weighted by molar-refractivity contribution is -0.112. The van der Waals surface area contributed by atoms with Crippen molar-refractivity contribution in [3.8, 4) is 0 Å². The second kappa shape index (κ2) is 5.18. The van der Waals surface area contributed by atoms with E-state index in [1.54, 1.807) is 5.38 Å². The Balaban J connectivity index is 2.08. The third-order valence-electron chi connectivity index (χ3n) is 1.74. The lowest BCUT2D eigenvalue weighted by atomic mass is 10.3. The minimum Gasteiger partial charge on any atom is -0.387 e. The minimum atomic E-state index is -0.770. The fourth-order valence-corrected chi connectivity index (χ4v) is 1.56. The molecule has 0 fully saturated rings. The molecule has 0 aliphatic carbocycles. The summed E-state index contributed by atoms with van der Waals surface area (Å²) in [6.07, 6.45) is 0. The molecule has 0 saturated heterocycles. The van der Waals surface area contributed by atoms with Gasteiger partial charge in [-0.1, -0.05) is 10.4 Å². The first kappa shape index (κ1) is 11.9. The monoisotopic (exact) mass is 268 g/mol. The van der Waals surface area contributed by atoms with Crippen molar-refractivity contribution in [2.24, 2.45) is 10.9 Å². The summed E-state index contributed by atoms with van der Waals surface area (Å²) >= 11 is 1.16. The van der Waals surface area contributed by atoms with Crippen LogP contribution in [0.4, 0.5) is 5.13 Å². The van der Waals surface area contributed by atoms with Crippen molar-refractivity contribution >= 4 is 28.1 Å². The van der Waals surface area contributed by atoms with Crippen LogP contribution in [-0.2, 0) is 16.2 Å². The maximum Gasteiger partial charge on any atom is 0.273 e. The molecule has 10 nitrogen and oxygen atoms in total. The second-order valence-electron chi connectivity index (χ2n) is 2.98. The number of nitrogens with one attached hydrogen (secondary N) is 1. The Morgan fingerprint density at radius 1 is 1.61 bits per heavy atom. The minimum absolute atomic E-state index is 0.0487. The van der Waals surface area contributed by atoms with Gasteiger partial charge in [-0.25, -0.2) is 4.98 Å². The van der Waals surface area contributed by atoms with E-state index in [0.29, 0.717) is 11.0 Å². The quantitative estimate of drug-likeness (QED) is 0.446. The van der Waals surface area contributed by atoms with Crippen LogP contribution in [0, 0.1) is 0 Å². The number of primary amides is 1. The van der Waals surface area contributed by atoms with Gasteiger partial charge in [-0.3, -0.25) is 4.79 Å². The van der Waals surface area contributed by atoms with E-state index in [4.69, 9.17) is 16.3 Å². The number of rotatable bonds is 5. The highest BCUT2D eigenvalue weighted by molar-refractivity contribution is 7.13. The highest BCUT2D eigenvalue weighted by Gasteiger charge is 2.15. The zero-order valence-corrected chi connectivity index (χ0v) is 9.72. The summed E-state index contributed by atoms with van der Waals surface area (Å²) in [6.45, 7) is -0.0487. The molecule has 2 rings (SSSR count). The van der Waals surface area contributed by atoms with Crippen molar-refractivity contribution in [3.63, 3.8) is 0 Å². The van der Waals surface area contributed by atoms with Crippen LogP contribution in [0.2, 0.25) is 0 Å². The molecule has 0 radical (unpaired) electrons. The van der Waals surface area contributed by atoms with Gasteiger partial charge in [-0.05, 0) is 0 Å². The van der Waals surface area contributed by atoms with Gasteiger partial charge in [0.2, 0.25) is 5.82 Å².